The summed E-state index contributed by atoms with van der Waals surface area (Å²) in [5.74, 6) is -1.70. The number of hydrogen-bond donors (Lipinski definition) is 3. The molecule has 1 amide bonds. The smallest absolute Gasteiger partial charge is 0.296 e. The number of nitrogens with zero attached hydrogens (tertiary/aromatic N) is 1. The van der Waals surface area contributed by atoms with Crippen LogP contribution in [0.1, 0.15) is 10.5 Å². The van der Waals surface area contributed by atoms with Crippen LogP contribution < -0.4 is 16.9 Å². The predicted molar refractivity (Wildman–Crippen MR) is 71.9 cm³/mol. The van der Waals surface area contributed by atoms with Gasteiger partial charge in [0.25, 0.3) is 5.91 Å². The third-order valence-corrected chi connectivity index (χ3v) is 2.25. The summed E-state index contributed by atoms with van der Waals surface area (Å²) in [7, 11) is 0. The minimum absolute atomic E-state index is 0. The first-order valence-corrected chi connectivity index (χ1v) is 4.94. The Balaban J connectivity index is 0.00000180. The van der Waals surface area contributed by atoms with Crippen molar-refractivity contribution < 1.29 is 9.18 Å². The van der Waals surface area contributed by atoms with E-state index in [1.807, 2.05) is 0 Å². The van der Waals surface area contributed by atoms with E-state index in [1.165, 1.54) is 12.1 Å². The molecule has 0 aliphatic heterocycles. The zero-order valence-corrected chi connectivity index (χ0v) is 10.3. The number of nitrogens with two attached hydrogens (primary N) is 2. The molecule has 0 aliphatic rings. The summed E-state index contributed by atoms with van der Waals surface area (Å²) in [6.45, 7) is 0. The SMILES string of the molecule is Cl.NC(N)=NC(=O)c1cc(=O)c2cc(F)ccc2[nH]1. The van der Waals surface area contributed by atoms with E-state index in [-0.39, 0.29) is 23.5 Å². The predicted octanol–water partition coefficient (Wildman–Crippen LogP) is 0.503. The number of fused-ring (bicyclic) bond motifs is 1. The van der Waals surface area contributed by atoms with Crippen LogP contribution in [-0.2, 0) is 0 Å². The maximum Gasteiger partial charge on any atom is 0.296 e. The van der Waals surface area contributed by atoms with E-state index in [4.69, 9.17) is 11.5 Å². The molecule has 6 nitrogen and oxygen atoms in total. The van der Waals surface area contributed by atoms with Gasteiger partial charge in [-0.05, 0) is 18.2 Å². The second-order valence-corrected chi connectivity index (χ2v) is 3.58. The summed E-state index contributed by atoms with van der Waals surface area (Å²) in [5, 5.41) is 0.149. The van der Waals surface area contributed by atoms with E-state index >= 15 is 0 Å². The number of hydrogen-bond acceptors (Lipinski definition) is 2. The van der Waals surface area contributed by atoms with Crippen LogP contribution >= 0.6 is 12.4 Å². The Labute approximate surface area is 112 Å². The Kier molecular flexibility index (Phi) is 4.23. The number of halogens is 2. The molecule has 0 radical (unpaired) electrons. The van der Waals surface area contributed by atoms with Gasteiger partial charge in [-0.15, -0.1) is 12.4 Å². The van der Waals surface area contributed by atoms with Gasteiger partial charge in [0.2, 0.25) is 0 Å². The van der Waals surface area contributed by atoms with E-state index in [1.54, 1.807) is 0 Å². The van der Waals surface area contributed by atoms with Crippen molar-refractivity contribution in [3.05, 3.63) is 46.0 Å². The van der Waals surface area contributed by atoms with Crippen LogP contribution in [-0.4, -0.2) is 16.9 Å². The van der Waals surface area contributed by atoms with Crippen LogP contribution in [0.3, 0.4) is 0 Å². The van der Waals surface area contributed by atoms with Gasteiger partial charge in [-0.25, -0.2) is 4.39 Å². The Morgan fingerprint density at radius 1 is 1.26 bits per heavy atom. The molecule has 1 aromatic heterocycles. The molecule has 8 heteroatoms. The molecule has 0 atom stereocenters. The molecule has 1 heterocycles. The van der Waals surface area contributed by atoms with Crippen molar-refractivity contribution in [2.75, 3.05) is 0 Å². The third-order valence-electron chi connectivity index (χ3n) is 2.25. The van der Waals surface area contributed by atoms with Gasteiger partial charge in [-0.1, -0.05) is 0 Å². The van der Waals surface area contributed by atoms with E-state index in [0.29, 0.717) is 5.52 Å². The van der Waals surface area contributed by atoms with Crippen molar-refractivity contribution in [2.45, 2.75) is 0 Å². The van der Waals surface area contributed by atoms with Crippen LogP contribution in [0, 0.1) is 5.82 Å². The Morgan fingerprint density at radius 2 is 1.95 bits per heavy atom. The first-order valence-electron chi connectivity index (χ1n) is 4.94. The van der Waals surface area contributed by atoms with E-state index in [2.05, 4.69) is 9.98 Å². The molecule has 5 N–H and O–H groups in total. The lowest BCUT2D eigenvalue weighted by molar-refractivity contribution is 0.0998. The number of aromatic nitrogens is 1. The summed E-state index contributed by atoms with van der Waals surface area (Å²) in [5.41, 5.74) is 9.91. The molecule has 0 saturated heterocycles. The highest BCUT2D eigenvalue weighted by atomic mass is 35.5. The lowest BCUT2D eigenvalue weighted by Crippen LogP contribution is -2.24. The fourth-order valence-electron chi connectivity index (χ4n) is 1.51. The number of H-pyrrole nitrogens is 1. The number of aliphatic imine (C=N–C) groups is 1. The Bertz CT molecular complexity index is 722. The standard InChI is InChI=1S/C11H9FN4O2.ClH/c12-5-1-2-7-6(3-5)9(17)4-8(15-7)10(18)16-11(13)14;/h1-4H,(H,15,17)(H4,13,14,16,18);1H. The summed E-state index contributed by atoms with van der Waals surface area (Å²) in [6.07, 6.45) is 0. The molecule has 0 fully saturated rings. The van der Waals surface area contributed by atoms with Crippen molar-refractivity contribution in [3.63, 3.8) is 0 Å². The number of carbonyl (C=O) groups is 1. The summed E-state index contributed by atoms with van der Waals surface area (Å²) in [4.78, 5) is 29.2. The molecular formula is C11H10ClFN4O2. The van der Waals surface area contributed by atoms with Crippen molar-refractivity contribution >= 4 is 35.2 Å². The lowest BCUT2D eigenvalue weighted by atomic mass is 10.2. The minimum atomic E-state index is -0.765. The molecule has 2 aromatic rings. The number of guanidine groups is 1. The van der Waals surface area contributed by atoms with Crippen molar-refractivity contribution in [1.29, 1.82) is 0 Å². The highest BCUT2D eigenvalue weighted by Crippen LogP contribution is 2.10. The third kappa shape index (κ3) is 3.08. The second-order valence-electron chi connectivity index (χ2n) is 3.58. The Hall–Kier alpha value is -2.41. The Morgan fingerprint density at radius 3 is 2.58 bits per heavy atom. The highest BCUT2D eigenvalue weighted by molar-refractivity contribution is 6.01. The van der Waals surface area contributed by atoms with Crippen LogP contribution in [0.4, 0.5) is 4.39 Å². The molecule has 0 spiro atoms. The molecule has 0 saturated carbocycles. The van der Waals surface area contributed by atoms with E-state index in [9.17, 15) is 14.0 Å². The maximum absolute atomic E-state index is 13.0. The maximum atomic E-state index is 13.0. The van der Waals surface area contributed by atoms with E-state index in [0.717, 1.165) is 12.1 Å². The number of nitrogens with one attached hydrogen (secondary N) is 1. The number of rotatable bonds is 1. The average Bonchev–Trinajstić information content (AvgIpc) is 2.29. The summed E-state index contributed by atoms with van der Waals surface area (Å²) < 4.78 is 13.0. The fourth-order valence-corrected chi connectivity index (χ4v) is 1.51. The normalized spacial score (nSPS) is 9.74. The minimum Gasteiger partial charge on any atom is -0.370 e. The van der Waals surface area contributed by atoms with Gasteiger partial charge in [0.05, 0.1) is 5.52 Å². The van der Waals surface area contributed by atoms with Gasteiger partial charge in [-0.2, -0.15) is 4.99 Å². The molecule has 100 valence electrons. The molecule has 19 heavy (non-hydrogen) atoms. The number of carbonyl (C=O) groups excluding carboxylic acids is 1. The first kappa shape index (κ1) is 14.7. The molecular weight excluding hydrogens is 275 g/mol. The molecule has 0 bridgehead atoms. The molecule has 0 unspecified atom stereocenters. The monoisotopic (exact) mass is 284 g/mol. The average molecular weight is 285 g/mol. The van der Waals surface area contributed by atoms with Crippen molar-refractivity contribution in [2.24, 2.45) is 16.5 Å². The van der Waals surface area contributed by atoms with Gasteiger partial charge < -0.3 is 16.5 Å². The number of aromatic amines is 1. The fraction of sp³-hybridized carbons (Fsp3) is 0. The van der Waals surface area contributed by atoms with Crippen molar-refractivity contribution in [1.82, 2.24) is 4.98 Å². The summed E-state index contributed by atoms with van der Waals surface area (Å²) in [6, 6.07) is 4.64. The lowest BCUT2D eigenvalue weighted by Gasteiger charge is -2.01. The van der Waals surface area contributed by atoms with E-state index < -0.39 is 23.1 Å². The second kappa shape index (κ2) is 5.49. The van der Waals surface area contributed by atoms with Gasteiger partial charge in [0.15, 0.2) is 11.4 Å². The topological polar surface area (TPSA) is 114 Å². The van der Waals surface area contributed by atoms with Crippen LogP contribution in [0.15, 0.2) is 34.1 Å². The van der Waals surface area contributed by atoms with Crippen LogP contribution in [0.5, 0.6) is 0 Å². The van der Waals surface area contributed by atoms with Gasteiger partial charge >= 0.3 is 0 Å². The number of benzene rings is 1. The quantitative estimate of drug-likeness (QED) is 0.522. The zero-order chi connectivity index (χ0) is 13.3. The van der Waals surface area contributed by atoms with Crippen molar-refractivity contribution in [3.8, 4) is 0 Å². The molecule has 1 aromatic carbocycles. The van der Waals surface area contributed by atoms with Crippen LogP contribution in [0.2, 0.25) is 0 Å². The van der Waals surface area contributed by atoms with Gasteiger partial charge in [-0.3, -0.25) is 9.59 Å². The molecule has 2 rings (SSSR count). The number of amides is 1. The van der Waals surface area contributed by atoms with Gasteiger partial charge in [0, 0.05) is 11.5 Å². The highest BCUT2D eigenvalue weighted by Gasteiger charge is 2.09. The largest absolute Gasteiger partial charge is 0.370 e. The van der Waals surface area contributed by atoms with Gasteiger partial charge in [0.1, 0.15) is 11.5 Å². The summed E-state index contributed by atoms with van der Waals surface area (Å²) >= 11 is 0. The zero-order valence-electron chi connectivity index (χ0n) is 9.51. The molecule has 0 aliphatic carbocycles. The first-order chi connectivity index (χ1) is 8.47. The number of pyridine rings is 1. The van der Waals surface area contributed by atoms with Crippen LogP contribution in [0.25, 0.3) is 10.9 Å².